The highest BCUT2D eigenvalue weighted by atomic mass is 35.5. The lowest BCUT2D eigenvalue weighted by Crippen LogP contribution is -2.33. The van der Waals surface area contributed by atoms with Gasteiger partial charge in [0.05, 0.1) is 33.0 Å². The second-order valence-corrected chi connectivity index (χ2v) is 5.93. The van der Waals surface area contributed by atoms with Crippen LogP contribution in [0.1, 0.15) is 33.6 Å². The Morgan fingerprint density at radius 2 is 1.45 bits per heavy atom. The monoisotopic (exact) mass is 309 g/mol. The molecule has 0 aliphatic carbocycles. The van der Waals surface area contributed by atoms with Crippen molar-refractivity contribution in [2.45, 2.75) is 33.6 Å². The number of hydrogen-bond donors (Lipinski definition) is 1. The van der Waals surface area contributed by atoms with Gasteiger partial charge in [0.1, 0.15) is 0 Å². The van der Waals surface area contributed by atoms with E-state index in [1.807, 2.05) is 0 Å². The number of rotatable bonds is 15. The summed E-state index contributed by atoms with van der Waals surface area (Å²) in [6.07, 6.45) is 2.29. The van der Waals surface area contributed by atoms with Crippen molar-refractivity contribution in [2.75, 3.05) is 58.6 Å². The van der Waals surface area contributed by atoms with Crippen LogP contribution in [0.15, 0.2) is 0 Å². The molecular weight excluding hydrogens is 278 g/mol. The topological polar surface area (TPSA) is 39.7 Å². The normalized spacial score (nSPS) is 12.0. The molecule has 4 nitrogen and oxygen atoms in total. The summed E-state index contributed by atoms with van der Waals surface area (Å²) < 4.78 is 16.3. The molecule has 122 valence electrons. The SMILES string of the molecule is CCCCOCCOCCOCCNCC(C)(C)CCl. The first-order chi connectivity index (χ1) is 9.62. The molecular formula is C15H32ClNO3. The minimum atomic E-state index is 0.141. The molecule has 0 rings (SSSR count). The Morgan fingerprint density at radius 1 is 0.900 bits per heavy atom. The minimum Gasteiger partial charge on any atom is -0.379 e. The summed E-state index contributed by atoms with van der Waals surface area (Å²) in [7, 11) is 0. The third-order valence-electron chi connectivity index (χ3n) is 2.77. The van der Waals surface area contributed by atoms with Crippen molar-refractivity contribution in [3.05, 3.63) is 0 Å². The van der Waals surface area contributed by atoms with E-state index in [1.54, 1.807) is 0 Å². The summed E-state index contributed by atoms with van der Waals surface area (Å²) in [5.74, 6) is 0.662. The van der Waals surface area contributed by atoms with Crippen LogP contribution < -0.4 is 5.32 Å². The number of alkyl halides is 1. The molecule has 0 bridgehead atoms. The maximum Gasteiger partial charge on any atom is 0.0701 e. The van der Waals surface area contributed by atoms with E-state index in [0.717, 1.165) is 26.1 Å². The number of ether oxygens (including phenoxy) is 3. The van der Waals surface area contributed by atoms with Crippen LogP contribution in [0.3, 0.4) is 0 Å². The zero-order chi connectivity index (χ0) is 15.1. The van der Waals surface area contributed by atoms with Gasteiger partial charge in [0.15, 0.2) is 0 Å². The molecule has 0 heterocycles. The summed E-state index contributed by atoms with van der Waals surface area (Å²) in [6, 6.07) is 0. The number of halogens is 1. The van der Waals surface area contributed by atoms with Crippen molar-refractivity contribution in [2.24, 2.45) is 5.41 Å². The minimum absolute atomic E-state index is 0.141. The molecule has 20 heavy (non-hydrogen) atoms. The molecule has 0 saturated carbocycles. The first-order valence-corrected chi connectivity index (χ1v) is 8.16. The second-order valence-electron chi connectivity index (χ2n) is 5.67. The molecule has 0 aliphatic heterocycles. The molecule has 1 N–H and O–H groups in total. The lowest BCUT2D eigenvalue weighted by atomic mass is 9.97. The maximum absolute atomic E-state index is 5.85. The fourth-order valence-corrected chi connectivity index (χ4v) is 1.50. The number of unbranched alkanes of at least 4 members (excludes halogenated alkanes) is 1. The third-order valence-corrected chi connectivity index (χ3v) is 3.50. The molecule has 0 fully saturated rings. The summed E-state index contributed by atoms with van der Waals surface area (Å²) in [5.41, 5.74) is 0.141. The number of hydrogen-bond acceptors (Lipinski definition) is 4. The Bertz CT molecular complexity index is 204. The highest BCUT2D eigenvalue weighted by Gasteiger charge is 2.14. The van der Waals surface area contributed by atoms with Crippen molar-refractivity contribution in [3.8, 4) is 0 Å². The fourth-order valence-electron chi connectivity index (χ4n) is 1.41. The van der Waals surface area contributed by atoms with Gasteiger partial charge in [-0.3, -0.25) is 0 Å². The van der Waals surface area contributed by atoms with Gasteiger partial charge in [-0.25, -0.2) is 0 Å². The molecule has 0 atom stereocenters. The van der Waals surface area contributed by atoms with Crippen molar-refractivity contribution < 1.29 is 14.2 Å². The molecule has 0 aromatic carbocycles. The van der Waals surface area contributed by atoms with Gasteiger partial charge in [0.2, 0.25) is 0 Å². The van der Waals surface area contributed by atoms with Crippen molar-refractivity contribution in [1.29, 1.82) is 0 Å². The standard InChI is InChI=1S/C15H32ClNO3/c1-4-5-7-18-9-11-20-12-10-19-8-6-17-14-15(2,3)13-16/h17H,4-14H2,1-3H3. The van der Waals surface area contributed by atoms with Crippen LogP contribution in [0.5, 0.6) is 0 Å². The summed E-state index contributed by atoms with van der Waals surface area (Å²) in [5, 5.41) is 3.34. The van der Waals surface area contributed by atoms with Crippen LogP contribution in [-0.2, 0) is 14.2 Å². The largest absolute Gasteiger partial charge is 0.379 e. The van der Waals surface area contributed by atoms with Gasteiger partial charge in [-0.1, -0.05) is 27.2 Å². The zero-order valence-electron chi connectivity index (χ0n) is 13.4. The quantitative estimate of drug-likeness (QED) is 0.373. The molecule has 0 radical (unpaired) electrons. The van der Waals surface area contributed by atoms with Crippen molar-refractivity contribution in [3.63, 3.8) is 0 Å². The van der Waals surface area contributed by atoms with Crippen molar-refractivity contribution in [1.82, 2.24) is 5.32 Å². The molecule has 0 spiro atoms. The molecule has 0 saturated heterocycles. The Hall–Kier alpha value is 0.130. The molecule has 0 aromatic heterocycles. The van der Waals surface area contributed by atoms with Crippen LogP contribution in [0.25, 0.3) is 0 Å². The Labute approximate surface area is 129 Å². The van der Waals surface area contributed by atoms with Crippen LogP contribution in [0.2, 0.25) is 0 Å². The van der Waals surface area contributed by atoms with Gasteiger partial charge < -0.3 is 19.5 Å². The third kappa shape index (κ3) is 14.5. The first-order valence-electron chi connectivity index (χ1n) is 7.62. The Morgan fingerprint density at radius 3 is 2.00 bits per heavy atom. The molecule has 0 amide bonds. The lowest BCUT2D eigenvalue weighted by molar-refractivity contribution is 0.0145. The van der Waals surface area contributed by atoms with Crippen molar-refractivity contribution >= 4 is 11.6 Å². The van der Waals surface area contributed by atoms with Crippen LogP contribution in [-0.4, -0.2) is 58.6 Å². The van der Waals surface area contributed by atoms with E-state index < -0.39 is 0 Å². The predicted octanol–water partition coefficient (Wildman–Crippen LogP) is 2.69. The average Bonchev–Trinajstić information content (AvgIpc) is 2.44. The van der Waals surface area contributed by atoms with E-state index in [4.69, 9.17) is 25.8 Å². The van der Waals surface area contributed by atoms with Gasteiger partial charge in [-0.2, -0.15) is 0 Å². The highest BCUT2D eigenvalue weighted by Crippen LogP contribution is 2.14. The number of nitrogens with one attached hydrogen (secondary N) is 1. The van der Waals surface area contributed by atoms with Gasteiger partial charge in [-0.15, -0.1) is 11.6 Å². The fraction of sp³-hybridized carbons (Fsp3) is 1.00. The average molecular weight is 310 g/mol. The predicted molar refractivity (Wildman–Crippen MR) is 84.7 cm³/mol. The van der Waals surface area contributed by atoms with Crippen LogP contribution >= 0.6 is 11.6 Å². The molecule has 0 aliphatic rings. The van der Waals surface area contributed by atoms with Crippen LogP contribution in [0.4, 0.5) is 0 Å². The van der Waals surface area contributed by atoms with E-state index in [-0.39, 0.29) is 5.41 Å². The maximum atomic E-state index is 5.85. The second kappa shape index (κ2) is 14.1. The zero-order valence-corrected chi connectivity index (χ0v) is 14.1. The summed E-state index contributed by atoms with van der Waals surface area (Å²) in [4.78, 5) is 0. The first kappa shape index (κ1) is 20.1. The van der Waals surface area contributed by atoms with Gasteiger partial charge >= 0.3 is 0 Å². The lowest BCUT2D eigenvalue weighted by Gasteiger charge is -2.21. The van der Waals surface area contributed by atoms with Gasteiger partial charge in [0.25, 0.3) is 0 Å². The van der Waals surface area contributed by atoms with E-state index in [0.29, 0.717) is 38.9 Å². The van der Waals surface area contributed by atoms with E-state index in [1.165, 1.54) is 6.42 Å². The van der Waals surface area contributed by atoms with E-state index in [9.17, 15) is 0 Å². The van der Waals surface area contributed by atoms with Crippen LogP contribution in [0, 0.1) is 5.41 Å². The Balaban J connectivity index is 3.06. The van der Waals surface area contributed by atoms with E-state index >= 15 is 0 Å². The smallest absolute Gasteiger partial charge is 0.0701 e. The molecule has 5 heteroatoms. The summed E-state index contributed by atoms with van der Waals surface area (Å²) in [6.45, 7) is 12.3. The van der Waals surface area contributed by atoms with Gasteiger partial charge in [-0.05, 0) is 11.8 Å². The highest BCUT2D eigenvalue weighted by molar-refractivity contribution is 6.18. The summed E-state index contributed by atoms with van der Waals surface area (Å²) >= 11 is 5.85. The molecule has 0 aromatic rings. The molecule has 0 unspecified atom stereocenters. The van der Waals surface area contributed by atoms with Gasteiger partial charge in [0, 0.05) is 25.6 Å². The Kier molecular flexibility index (Phi) is 14.2. The van der Waals surface area contributed by atoms with E-state index in [2.05, 4.69) is 26.1 Å².